The van der Waals surface area contributed by atoms with Crippen molar-refractivity contribution < 1.29 is 0 Å². The Morgan fingerprint density at radius 3 is 2.88 bits per heavy atom. The topological polar surface area (TPSA) is 70.5 Å². The maximum atomic E-state index is 5.61. The first-order valence-electron chi connectivity index (χ1n) is 5.13. The first-order valence-corrected chi connectivity index (χ1v) is 5.13. The van der Waals surface area contributed by atoms with Gasteiger partial charge in [0.25, 0.3) is 0 Å². The monoisotopic (exact) mass is 212 g/mol. The fourth-order valence-electron chi connectivity index (χ4n) is 1.93. The van der Waals surface area contributed by atoms with Gasteiger partial charge in [0.15, 0.2) is 0 Å². The van der Waals surface area contributed by atoms with Gasteiger partial charge in [-0.2, -0.15) is 5.10 Å². The smallest absolute Gasteiger partial charge is 0.145 e. The quantitative estimate of drug-likeness (QED) is 0.579. The largest absolute Gasteiger partial charge is 0.382 e. The molecule has 0 bridgehead atoms. The van der Waals surface area contributed by atoms with Crippen molar-refractivity contribution in [1.82, 2.24) is 15.2 Å². The van der Waals surface area contributed by atoms with Crippen LogP contribution in [0, 0.1) is 6.92 Å². The van der Waals surface area contributed by atoms with Gasteiger partial charge in [0.2, 0.25) is 0 Å². The lowest BCUT2D eigenvalue weighted by atomic mass is 10.1. The van der Waals surface area contributed by atoms with Gasteiger partial charge >= 0.3 is 0 Å². The van der Waals surface area contributed by atoms with Gasteiger partial charge in [0, 0.05) is 28.7 Å². The van der Waals surface area contributed by atoms with Crippen LogP contribution in [0.25, 0.3) is 22.2 Å². The molecule has 2 heterocycles. The molecule has 0 unspecified atom stereocenters. The third-order valence-electron chi connectivity index (χ3n) is 2.73. The Balaban J connectivity index is 2.27. The van der Waals surface area contributed by atoms with Crippen molar-refractivity contribution in [2.45, 2.75) is 6.92 Å². The summed E-state index contributed by atoms with van der Waals surface area (Å²) < 4.78 is 0. The molecule has 0 radical (unpaired) electrons. The number of hydrogen-bond acceptors (Lipinski definition) is 2. The molecule has 0 aliphatic carbocycles. The molecular weight excluding hydrogens is 200 g/mol. The van der Waals surface area contributed by atoms with E-state index in [9.17, 15) is 0 Å². The molecule has 4 N–H and O–H groups in total. The number of aryl methyl sites for hydroxylation is 1. The first kappa shape index (κ1) is 9.03. The fourth-order valence-corrected chi connectivity index (χ4v) is 1.93. The zero-order valence-corrected chi connectivity index (χ0v) is 8.91. The summed E-state index contributed by atoms with van der Waals surface area (Å²) in [6.07, 6.45) is 1.97. The SMILES string of the molecule is Cc1ccc2[nH]cc(-c3cc(N)n[nH]3)c2c1. The Labute approximate surface area is 92.5 Å². The number of nitrogens with two attached hydrogens (primary N) is 1. The molecule has 2 aromatic heterocycles. The van der Waals surface area contributed by atoms with E-state index in [0.717, 1.165) is 16.8 Å². The number of rotatable bonds is 1. The number of nitrogens with one attached hydrogen (secondary N) is 2. The lowest BCUT2D eigenvalue weighted by Gasteiger charge is -1.96. The molecule has 0 atom stereocenters. The normalized spacial score (nSPS) is 11.1. The van der Waals surface area contributed by atoms with Gasteiger partial charge in [0.1, 0.15) is 5.82 Å². The minimum Gasteiger partial charge on any atom is -0.382 e. The molecule has 3 rings (SSSR count). The Morgan fingerprint density at radius 2 is 2.12 bits per heavy atom. The number of hydrogen-bond donors (Lipinski definition) is 3. The minimum absolute atomic E-state index is 0.511. The molecule has 0 aliphatic rings. The van der Waals surface area contributed by atoms with Crippen LogP contribution in [0.3, 0.4) is 0 Å². The molecule has 0 spiro atoms. The van der Waals surface area contributed by atoms with Crippen LogP contribution in [0.1, 0.15) is 5.56 Å². The molecule has 4 heteroatoms. The highest BCUT2D eigenvalue weighted by molar-refractivity contribution is 5.95. The molecule has 1 aromatic carbocycles. The molecule has 16 heavy (non-hydrogen) atoms. The number of nitrogens with zero attached hydrogens (tertiary/aromatic N) is 1. The number of H-pyrrole nitrogens is 2. The van der Waals surface area contributed by atoms with Crippen molar-refractivity contribution in [3.05, 3.63) is 36.0 Å². The van der Waals surface area contributed by atoms with Crippen molar-refractivity contribution in [2.24, 2.45) is 0 Å². The highest BCUT2D eigenvalue weighted by Gasteiger charge is 2.08. The second kappa shape index (κ2) is 3.13. The second-order valence-corrected chi connectivity index (χ2v) is 3.96. The number of benzene rings is 1. The maximum absolute atomic E-state index is 5.61. The van der Waals surface area contributed by atoms with Gasteiger partial charge in [-0.1, -0.05) is 11.6 Å². The van der Waals surface area contributed by atoms with Crippen molar-refractivity contribution in [3.63, 3.8) is 0 Å². The van der Waals surface area contributed by atoms with Crippen molar-refractivity contribution in [3.8, 4) is 11.3 Å². The van der Waals surface area contributed by atoms with Crippen LogP contribution in [0.4, 0.5) is 5.82 Å². The summed E-state index contributed by atoms with van der Waals surface area (Å²) in [7, 11) is 0. The molecule has 3 aromatic rings. The number of aromatic amines is 2. The second-order valence-electron chi connectivity index (χ2n) is 3.96. The van der Waals surface area contributed by atoms with Gasteiger partial charge < -0.3 is 10.7 Å². The average molecular weight is 212 g/mol. The van der Waals surface area contributed by atoms with E-state index in [1.165, 1.54) is 10.9 Å². The maximum Gasteiger partial charge on any atom is 0.145 e. The summed E-state index contributed by atoms with van der Waals surface area (Å²) in [6.45, 7) is 2.08. The van der Waals surface area contributed by atoms with Crippen LogP contribution in [-0.2, 0) is 0 Å². The summed E-state index contributed by atoms with van der Waals surface area (Å²) >= 11 is 0. The van der Waals surface area contributed by atoms with Crippen LogP contribution < -0.4 is 5.73 Å². The predicted molar refractivity (Wildman–Crippen MR) is 65.0 cm³/mol. The fraction of sp³-hybridized carbons (Fsp3) is 0.0833. The molecule has 0 saturated heterocycles. The molecule has 0 fully saturated rings. The Kier molecular flexibility index (Phi) is 1.77. The van der Waals surface area contributed by atoms with E-state index in [2.05, 4.69) is 40.3 Å². The van der Waals surface area contributed by atoms with Crippen molar-refractivity contribution in [2.75, 3.05) is 5.73 Å². The van der Waals surface area contributed by atoms with Gasteiger partial charge in [0.05, 0.1) is 5.69 Å². The Hall–Kier alpha value is -2.23. The van der Waals surface area contributed by atoms with Crippen LogP contribution >= 0.6 is 0 Å². The number of aromatic nitrogens is 3. The van der Waals surface area contributed by atoms with E-state index >= 15 is 0 Å². The molecule has 0 saturated carbocycles. The number of anilines is 1. The standard InChI is InChI=1S/C12H12N4/c1-7-2-3-10-8(4-7)9(6-14-10)11-5-12(13)16-15-11/h2-6,14H,1H3,(H3,13,15,16). The van der Waals surface area contributed by atoms with Crippen LogP contribution in [0.2, 0.25) is 0 Å². The van der Waals surface area contributed by atoms with Crippen molar-refractivity contribution in [1.29, 1.82) is 0 Å². The molecular formula is C12H12N4. The first-order chi connectivity index (χ1) is 7.74. The highest BCUT2D eigenvalue weighted by atomic mass is 15.2. The van der Waals surface area contributed by atoms with E-state index in [0.29, 0.717) is 5.82 Å². The van der Waals surface area contributed by atoms with E-state index in [4.69, 9.17) is 5.73 Å². The van der Waals surface area contributed by atoms with Gasteiger partial charge in [-0.05, 0) is 19.1 Å². The van der Waals surface area contributed by atoms with Gasteiger partial charge in [-0.25, -0.2) is 0 Å². The van der Waals surface area contributed by atoms with Crippen LogP contribution in [0.15, 0.2) is 30.5 Å². The van der Waals surface area contributed by atoms with E-state index in [1.54, 1.807) is 0 Å². The minimum atomic E-state index is 0.511. The van der Waals surface area contributed by atoms with E-state index in [-0.39, 0.29) is 0 Å². The molecule has 0 amide bonds. The Morgan fingerprint density at radius 1 is 1.25 bits per heavy atom. The highest BCUT2D eigenvalue weighted by Crippen LogP contribution is 2.28. The number of nitrogen functional groups attached to an aromatic ring is 1. The third kappa shape index (κ3) is 1.27. The van der Waals surface area contributed by atoms with Crippen molar-refractivity contribution >= 4 is 16.7 Å². The molecule has 80 valence electrons. The zero-order valence-electron chi connectivity index (χ0n) is 8.91. The lowest BCUT2D eigenvalue weighted by Crippen LogP contribution is -1.81. The molecule has 0 aliphatic heterocycles. The Bertz CT molecular complexity index is 648. The number of fused-ring (bicyclic) bond motifs is 1. The lowest BCUT2D eigenvalue weighted by molar-refractivity contribution is 1.10. The summed E-state index contributed by atoms with van der Waals surface area (Å²) in [4.78, 5) is 3.23. The summed E-state index contributed by atoms with van der Waals surface area (Å²) in [5, 5.41) is 8.05. The van der Waals surface area contributed by atoms with Gasteiger partial charge in [-0.15, -0.1) is 0 Å². The molecule has 4 nitrogen and oxygen atoms in total. The summed E-state index contributed by atoms with van der Waals surface area (Å²) in [5.74, 6) is 0.511. The summed E-state index contributed by atoms with van der Waals surface area (Å²) in [6, 6.07) is 8.15. The van der Waals surface area contributed by atoms with E-state index in [1.807, 2.05) is 12.3 Å². The summed E-state index contributed by atoms with van der Waals surface area (Å²) in [5.41, 5.74) is 10.0. The third-order valence-corrected chi connectivity index (χ3v) is 2.73. The zero-order chi connectivity index (χ0) is 11.1. The van der Waals surface area contributed by atoms with Crippen LogP contribution in [-0.4, -0.2) is 15.2 Å². The van der Waals surface area contributed by atoms with Gasteiger partial charge in [-0.3, -0.25) is 5.10 Å². The van der Waals surface area contributed by atoms with Crippen LogP contribution in [0.5, 0.6) is 0 Å². The average Bonchev–Trinajstić information content (AvgIpc) is 2.83. The van der Waals surface area contributed by atoms with E-state index < -0.39 is 0 Å². The predicted octanol–water partition coefficient (Wildman–Crippen LogP) is 2.45.